The van der Waals surface area contributed by atoms with Crippen LogP contribution < -0.4 is 4.74 Å². The Balaban J connectivity index is 1.71. The Hall–Kier alpha value is -1.79. The molecule has 0 atom stereocenters. The lowest BCUT2D eigenvalue weighted by Crippen LogP contribution is -2.28. The van der Waals surface area contributed by atoms with Gasteiger partial charge in [-0.3, -0.25) is 4.79 Å². The lowest BCUT2D eigenvalue weighted by molar-refractivity contribution is -0.135. The molecule has 4 rings (SSSR count). The fourth-order valence-electron chi connectivity index (χ4n) is 3.15. The quantitative estimate of drug-likeness (QED) is 0.120. The van der Waals surface area contributed by atoms with E-state index in [1.54, 1.807) is 0 Å². The summed E-state index contributed by atoms with van der Waals surface area (Å²) in [5.41, 5.74) is 2.78. The van der Waals surface area contributed by atoms with Crippen molar-refractivity contribution in [3.05, 3.63) is 83.9 Å². The van der Waals surface area contributed by atoms with E-state index < -0.39 is 3.42 Å². The van der Waals surface area contributed by atoms with Crippen LogP contribution >= 0.6 is 22.6 Å². The van der Waals surface area contributed by atoms with Gasteiger partial charge >= 0.3 is 5.97 Å². The maximum absolute atomic E-state index is 12.1. The number of alkyl halides is 1. The van der Waals surface area contributed by atoms with Crippen molar-refractivity contribution in [3.63, 3.8) is 0 Å². The molecule has 3 aromatic carbocycles. The van der Waals surface area contributed by atoms with Gasteiger partial charge in [-0.05, 0) is 50.2 Å². The number of carbonyl (C=O) groups excluding carboxylic acids is 1. The van der Waals surface area contributed by atoms with Crippen molar-refractivity contribution < 1.29 is 9.53 Å². The van der Waals surface area contributed by atoms with Crippen molar-refractivity contribution in [3.8, 4) is 5.75 Å². The van der Waals surface area contributed by atoms with Crippen molar-refractivity contribution in [1.82, 2.24) is 0 Å². The number of carbonyl (C=O) groups is 1. The highest BCUT2D eigenvalue weighted by Crippen LogP contribution is 2.40. The maximum Gasteiger partial charge on any atom is 0.326 e. The van der Waals surface area contributed by atoms with Crippen LogP contribution in [0.2, 0.25) is 0 Å². The number of rotatable bonds is 3. The Bertz CT molecular complexity index is 944. The molecule has 2 nitrogen and oxygen atoms in total. The molecule has 0 spiro atoms. The Morgan fingerprint density at radius 2 is 1.41 bits per heavy atom. The molecule has 0 aliphatic carbocycles. The Labute approximate surface area is 176 Å². The minimum Gasteiger partial charge on any atom is -0.426 e. The number of esters is 1. The molecule has 0 saturated carbocycles. The predicted molar refractivity (Wildman–Crippen MR) is 118 cm³/mol. The van der Waals surface area contributed by atoms with E-state index in [1.165, 1.54) is 25.8 Å². The van der Waals surface area contributed by atoms with E-state index in [-0.39, 0.29) is 16.9 Å². The molecule has 0 N–H and O–H groups in total. The molecule has 4 heteroatoms. The van der Waals surface area contributed by atoms with E-state index >= 15 is 0 Å². The van der Waals surface area contributed by atoms with Crippen molar-refractivity contribution in [2.24, 2.45) is 0 Å². The van der Waals surface area contributed by atoms with E-state index in [2.05, 4.69) is 83.3 Å². The van der Waals surface area contributed by atoms with Crippen LogP contribution in [0.15, 0.2) is 87.5 Å². The van der Waals surface area contributed by atoms with Crippen LogP contribution in [0, 0.1) is 0 Å². The second kappa shape index (κ2) is 7.32. The second-order valence-electron chi connectivity index (χ2n) is 7.03. The first kappa shape index (κ1) is 18.6. The first-order valence-electron chi connectivity index (χ1n) is 8.85. The molecule has 27 heavy (non-hydrogen) atoms. The topological polar surface area (TPSA) is 26.3 Å². The van der Waals surface area contributed by atoms with Crippen LogP contribution in [-0.4, -0.2) is 9.39 Å². The zero-order valence-electron chi connectivity index (χ0n) is 15.2. The van der Waals surface area contributed by atoms with Gasteiger partial charge in [-0.25, -0.2) is 0 Å². The minimum atomic E-state index is -0.542. The third kappa shape index (κ3) is 3.78. The first-order chi connectivity index (χ1) is 12.9. The molecular formula is C23H20IO2S+. The van der Waals surface area contributed by atoms with E-state index in [9.17, 15) is 4.79 Å². The number of halogens is 1. The van der Waals surface area contributed by atoms with Crippen molar-refractivity contribution >= 4 is 39.5 Å². The van der Waals surface area contributed by atoms with Crippen molar-refractivity contribution in [2.75, 3.05) is 0 Å². The summed E-state index contributed by atoms with van der Waals surface area (Å²) in [5.74, 6) is 0.363. The molecule has 3 aromatic rings. The van der Waals surface area contributed by atoms with E-state index in [1.807, 2.05) is 26.0 Å². The molecule has 0 aromatic heterocycles. The van der Waals surface area contributed by atoms with Crippen LogP contribution in [-0.2, 0) is 22.1 Å². The summed E-state index contributed by atoms with van der Waals surface area (Å²) in [6.07, 6.45) is 0.982. The summed E-state index contributed by atoms with van der Waals surface area (Å²) < 4.78 is 4.97. The molecule has 0 unspecified atom stereocenters. The Morgan fingerprint density at radius 1 is 0.889 bits per heavy atom. The molecule has 0 bridgehead atoms. The van der Waals surface area contributed by atoms with Crippen molar-refractivity contribution in [1.29, 1.82) is 0 Å². The minimum absolute atomic E-state index is 0.138. The predicted octanol–water partition coefficient (Wildman–Crippen LogP) is 5.81. The van der Waals surface area contributed by atoms with Gasteiger partial charge in [0.05, 0.1) is 10.9 Å². The smallest absolute Gasteiger partial charge is 0.326 e. The third-order valence-electron chi connectivity index (χ3n) is 4.52. The summed E-state index contributed by atoms with van der Waals surface area (Å²) >= 11 is 2.10. The van der Waals surface area contributed by atoms with E-state index in [0.717, 1.165) is 6.42 Å². The highest BCUT2D eigenvalue weighted by atomic mass is 127. The molecule has 1 heterocycles. The standard InChI is InChI=1S/C23H20IO2S/c1-23(2,24)22(25)26-18-11-13-19(14-12-18)27-20-9-5-3-7-16(20)15-17-8-4-6-10-21(17)27/h3-14H,15H2,1-2H3/q+1. The fourth-order valence-corrected chi connectivity index (χ4v) is 5.64. The molecule has 1 aliphatic heterocycles. The fraction of sp³-hybridized carbons (Fsp3) is 0.174. The number of hydrogen-bond donors (Lipinski definition) is 0. The van der Waals surface area contributed by atoms with Crippen LogP contribution in [0.1, 0.15) is 25.0 Å². The first-order valence-corrected chi connectivity index (χ1v) is 11.2. The Kier molecular flexibility index (Phi) is 5.03. The number of benzene rings is 3. The molecule has 0 fully saturated rings. The highest BCUT2D eigenvalue weighted by molar-refractivity contribution is 14.1. The molecule has 0 radical (unpaired) electrons. The lowest BCUT2D eigenvalue weighted by Gasteiger charge is -2.19. The van der Waals surface area contributed by atoms with Crippen molar-refractivity contribution in [2.45, 2.75) is 38.4 Å². The van der Waals surface area contributed by atoms with Crippen LogP contribution in [0.4, 0.5) is 0 Å². The van der Waals surface area contributed by atoms with Gasteiger partial charge in [0, 0.05) is 17.5 Å². The van der Waals surface area contributed by atoms with Crippen LogP contribution in [0.3, 0.4) is 0 Å². The molecule has 1 aliphatic rings. The number of ether oxygens (including phenoxy) is 1. The SMILES string of the molecule is CC(C)(I)C(=O)Oc1ccc([S+]2c3ccccc3Cc3ccccc32)cc1. The summed E-state index contributed by atoms with van der Waals surface area (Å²) in [5, 5.41) is 0. The molecule has 136 valence electrons. The van der Waals surface area contributed by atoms with Gasteiger partial charge in [0.2, 0.25) is 0 Å². The van der Waals surface area contributed by atoms with Gasteiger partial charge in [0.1, 0.15) is 9.17 Å². The average Bonchev–Trinajstić information content (AvgIpc) is 2.66. The van der Waals surface area contributed by atoms with Gasteiger partial charge in [-0.15, -0.1) is 0 Å². The van der Waals surface area contributed by atoms with Gasteiger partial charge in [-0.1, -0.05) is 59.0 Å². The number of fused-ring (bicyclic) bond motifs is 2. The number of hydrogen-bond acceptors (Lipinski definition) is 2. The maximum atomic E-state index is 12.1. The monoisotopic (exact) mass is 487 g/mol. The van der Waals surface area contributed by atoms with Gasteiger partial charge in [0.15, 0.2) is 14.7 Å². The summed E-state index contributed by atoms with van der Waals surface area (Å²) in [4.78, 5) is 16.1. The lowest BCUT2D eigenvalue weighted by atomic mass is 10.0. The summed E-state index contributed by atoms with van der Waals surface area (Å²) in [7, 11) is -0.138. The Morgan fingerprint density at radius 3 is 1.93 bits per heavy atom. The van der Waals surface area contributed by atoms with Gasteiger partial charge < -0.3 is 4.74 Å². The van der Waals surface area contributed by atoms with Gasteiger partial charge in [0.25, 0.3) is 0 Å². The zero-order valence-corrected chi connectivity index (χ0v) is 18.2. The largest absolute Gasteiger partial charge is 0.426 e. The summed E-state index contributed by atoms with van der Waals surface area (Å²) in [6.45, 7) is 3.70. The molecular weight excluding hydrogens is 467 g/mol. The van der Waals surface area contributed by atoms with Gasteiger partial charge in [-0.2, -0.15) is 0 Å². The summed E-state index contributed by atoms with van der Waals surface area (Å²) in [6, 6.07) is 25.4. The van der Waals surface area contributed by atoms with E-state index in [0.29, 0.717) is 5.75 Å². The van der Waals surface area contributed by atoms with Crippen LogP contribution in [0.25, 0.3) is 0 Å². The second-order valence-corrected chi connectivity index (χ2v) is 11.7. The molecule has 0 saturated heterocycles. The molecule has 0 amide bonds. The third-order valence-corrected chi connectivity index (χ3v) is 7.38. The zero-order chi connectivity index (χ0) is 19.0. The van der Waals surface area contributed by atoms with Crippen LogP contribution in [0.5, 0.6) is 5.75 Å². The van der Waals surface area contributed by atoms with E-state index in [4.69, 9.17) is 4.74 Å². The highest BCUT2D eigenvalue weighted by Gasteiger charge is 2.37. The normalized spacial score (nSPS) is 13.6. The average molecular weight is 487 g/mol.